The van der Waals surface area contributed by atoms with Gasteiger partial charge in [0.05, 0.1) is 0 Å². The van der Waals surface area contributed by atoms with Crippen LogP contribution in [0, 0.1) is 0 Å². The molecule has 0 aliphatic carbocycles. The van der Waals surface area contributed by atoms with Gasteiger partial charge >= 0.3 is 5.97 Å². The highest BCUT2D eigenvalue weighted by Crippen LogP contribution is 2.27. The molecule has 3 heteroatoms. The molecule has 3 nitrogen and oxygen atoms in total. The third-order valence-electron chi connectivity index (χ3n) is 2.09. The van der Waals surface area contributed by atoms with E-state index in [2.05, 4.69) is 0 Å². The van der Waals surface area contributed by atoms with Crippen molar-refractivity contribution in [2.24, 2.45) is 0 Å². The van der Waals surface area contributed by atoms with E-state index in [1.165, 1.54) is 0 Å². The molecule has 0 radical (unpaired) electrons. The average molecular weight is 208 g/mol. The van der Waals surface area contributed by atoms with Crippen molar-refractivity contribution in [2.45, 2.75) is 25.5 Å². The Morgan fingerprint density at radius 2 is 2.27 bits per heavy atom. The molecular weight excluding hydrogens is 192 g/mol. The molecule has 1 fully saturated rings. The highest BCUT2D eigenvalue weighted by molar-refractivity contribution is 5.70. The molecule has 80 valence electrons. The van der Waals surface area contributed by atoms with Crippen LogP contribution in [0.25, 0.3) is 0 Å². The lowest BCUT2D eigenvalue weighted by molar-refractivity contribution is -0.156. The summed E-state index contributed by atoms with van der Waals surface area (Å²) in [5, 5.41) is 0. The van der Waals surface area contributed by atoms with Crippen LogP contribution in [0.5, 0.6) is 0 Å². The largest absolute Gasteiger partial charge is 0.431 e. The molecule has 0 bridgehead atoms. The number of rotatable bonds is 4. The van der Waals surface area contributed by atoms with E-state index in [9.17, 15) is 4.79 Å². The summed E-state index contributed by atoms with van der Waals surface area (Å²) in [5.41, 5.74) is 0.471. The summed E-state index contributed by atoms with van der Waals surface area (Å²) < 4.78 is 25.6. The first-order valence-corrected chi connectivity index (χ1v) is 4.83. The molecule has 0 amide bonds. The molecule has 1 atom stereocenters. The number of aryl methyl sites for hydroxylation is 1. The SMILES string of the molecule is [2H]C([2H])(CC(=O)OC1(C)CO1)c1ccccc1. The van der Waals surface area contributed by atoms with E-state index in [-0.39, 0.29) is 6.42 Å². The number of benzene rings is 1. The summed E-state index contributed by atoms with van der Waals surface area (Å²) in [6, 6.07) is 8.59. The third-order valence-corrected chi connectivity index (χ3v) is 2.09. The lowest BCUT2D eigenvalue weighted by Crippen LogP contribution is -2.17. The van der Waals surface area contributed by atoms with Crippen LogP contribution in [-0.2, 0) is 20.6 Å². The van der Waals surface area contributed by atoms with Crippen molar-refractivity contribution in [2.75, 3.05) is 6.61 Å². The Balaban J connectivity index is 1.99. The van der Waals surface area contributed by atoms with Crippen molar-refractivity contribution in [3.63, 3.8) is 0 Å². The summed E-state index contributed by atoms with van der Waals surface area (Å²) in [7, 11) is 0. The van der Waals surface area contributed by atoms with Gasteiger partial charge in [0.25, 0.3) is 0 Å². The summed E-state index contributed by atoms with van der Waals surface area (Å²) in [4.78, 5) is 11.5. The Bertz CT molecular complexity index is 413. The summed E-state index contributed by atoms with van der Waals surface area (Å²) >= 11 is 0. The Labute approximate surface area is 91.8 Å². The number of epoxide rings is 1. The smallest absolute Gasteiger partial charge is 0.308 e. The molecule has 0 saturated carbocycles. The van der Waals surface area contributed by atoms with E-state index in [0.29, 0.717) is 12.2 Å². The second-order valence-electron chi connectivity index (χ2n) is 3.62. The minimum Gasteiger partial charge on any atom is -0.431 e. The predicted molar refractivity (Wildman–Crippen MR) is 55.2 cm³/mol. The number of esters is 1. The maximum absolute atomic E-state index is 11.5. The Kier molecular flexibility index (Phi) is 2.11. The van der Waals surface area contributed by atoms with Crippen LogP contribution in [0.1, 0.15) is 21.6 Å². The van der Waals surface area contributed by atoms with Crippen molar-refractivity contribution in [3.8, 4) is 0 Å². The van der Waals surface area contributed by atoms with Crippen LogP contribution in [0.2, 0.25) is 0 Å². The Hall–Kier alpha value is -1.35. The standard InChI is InChI=1S/C12H14O3/c1-12(9-14-12)15-11(13)8-7-10-5-3-2-4-6-10/h2-6H,7-9H2,1H3/i7D2. The number of carbonyl (C=O) groups excluding carboxylic acids is 1. The molecule has 1 heterocycles. The second kappa shape index (κ2) is 4.03. The zero-order valence-corrected chi connectivity index (χ0v) is 8.53. The van der Waals surface area contributed by atoms with Gasteiger partial charge in [0.2, 0.25) is 5.79 Å². The first kappa shape index (κ1) is 7.88. The van der Waals surface area contributed by atoms with E-state index < -0.39 is 18.1 Å². The maximum Gasteiger partial charge on any atom is 0.308 e. The van der Waals surface area contributed by atoms with Gasteiger partial charge in [-0.3, -0.25) is 4.79 Å². The molecule has 0 N–H and O–H groups in total. The van der Waals surface area contributed by atoms with Crippen LogP contribution in [0.3, 0.4) is 0 Å². The number of ether oxygens (including phenoxy) is 2. The fourth-order valence-electron chi connectivity index (χ4n) is 1.17. The summed E-state index contributed by atoms with van der Waals surface area (Å²) in [6.07, 6.45) is -2.03. The molecule has 15 heavy (non-hydrogen) atoms. The van der Waals surface area contributed by atoms with Crippen LogP contribution < -0.4 is 0 Å². The van der Waals surface area contributed by atoms with Crippen molar-refractivity contribution in [1.29, 1.82) is 0 Å². The predicted octanol–water partition coefficient (Wildman–Crippen LogP) is 1.91. The normalized spacial score (nSPS) is 26.5. The van der Waals surface area contributed by atoms with Crippen molar-refractivity contribution in [3.05, 3.63) is 35.9 Å². The van der Waals surface area contributed by atoms with Crippen LogP contribution in [0.15, 0.2) is 30.3 Å². The zero-order chi connectivity index (χ0) is 12.5. The molecule has 1 saturated heterocycles. The minimum atomic E-state index is -1.72. The lowest BCUT2D eigenvalue weighted by Gasteiger charge is -2.07. The maximum atomic E-state index is 11.5. The quantitative estimate of drug-likeness (QED) is 0.560. The fraction of sp³-hybridized carbons (Fsp3) is 0.417. The minimum absolute atomic E-state index is 0.310. The van der Waals surface area contributed by atoms with Gasteiger partial charge in [-0.15, -0.1) is 0 Å². The molecule has 1 aromatic rings. The molecular formula is C12H14O3. The average Bonchev–Trinajstić information content (AvgIpc) is 2.96. The molecule has 1 aliphatic rings. The van der Waals surface area contributed by atoms with Crippen LogP contribution >= 0.6 is 0 Å². The van der Waals surface area contributed by atoms with Crippen LogP contribution in [0.4, 0.5) is 0 Å². The van der Waals surface area contributed by atoms with E-state index in [0.717, 1.165) is 0 Å². The van der Waals surface area contributed by atoms with Gasteiger partial charge < -0.3 is 9.47 Å². The van der Waals surface area contributed by atoms with Gasteiger partial charge in [-0.25, -0.2) is 0 Å². The topological polar surface area (TPSA) is 38.8 Å². The molecule has 0 spiro atoms. The molecule has 1 aromatic carbocycles. The first-order valence-electron chi connectivity index (χ1n) is 5.83. The molecule has 1 unspecified atom stereocenters. The third kappa shape index (κ3) is 3.06. The Morgan fingerprint density at radius 1 is 1.60 bits per heavy atom. The van der Waals surface area contributed by atoms with Crippen molar-refractivity contribution in [1.82, 2.24) is 0 Å². The van der Waals surface area contributed by atoms with E-state index in [1.54, 1.807) is 37.3 Å². The highest BCUT2D eigenvalue weighted by Gasteiger charge is 2.43. The van der Waals surface area contributed by atoms with E-state index in [1.807, 2.05) is 0 Å². The highest BCUT2D eigenvalue weighted by atomic mass is 16.8. The summed E-state index contributed by atoms with van der Waals surface area (Å²) in [5.74, 6) is -1.41. The zero-order valence-electron chi connectivity index (χ0n) is 10.5. The van der Waals surface area contributed by atoms with Gasteiger partial charge in [0, 0.05) is 16.1 Å². The van der Waals surface area contributed by atoms with Gasteiger partial charge in [0.15, 0.2) is 0 Å². The molecule has 2 rings (SSSR count). The van der Waals surface area contributed by atoms with Gasteiger partial charge in [-0.1, -0.05) is 30.3 Å². The fourth-order valence-corrected chi connectivity index (χ4v) is 1.17. The van der Waals surface area contributed by atoms with Gasteiger partial charge in [-0.2, -0.15) is 0 Å². The van der Waals surface area contributed by atoms with Gasteiger partial charge in [-0.05, 0) is 11.9 Å². The monoisotopic (exact) mass is 208 g/mol. The van der Waals surface area contributed by atoms with Gasteiger partial charge in [0.1, 0.15) is 6.61 Å². The second-order valence-corrected chi connectivity index (χ2v) is 3.62. The number of carbonyl (C=O) groups is 1. The summed E-state index contributed by atoms with van der Waals surface area (Å²) in [6.45, 7) is 2.04. The first-order chi connectivity index (χ1) is 7.91. The lowest BCUT2D eigenvalue weighted by atomic mass is 10.1. The molecule has 0 aromatic heterocycles. The molecule has 1 aliphatic heterocycles. The van der Waals surface area contributed by atoms with E-state index in [4.69, 9.17) is 12.2 Å². The number of hydrogen-bond donors (Lipinski definition) is 0. The van der Waals surface area contributed by atoms with E-state index >= 15 is 0 Å². The van der Waals surface area contributed by atoms with Crippen LogP contribution in [-0.4, -0.2) is 18.4 Å². The number of hydrogen-bond acceptors (Lipinski definition) is 3. The van der Waals surface area contributed by atoms with Crippen molar-refractivity contribution < 1.29 is 17.0 Å². The van der Waals surface area contributed by atoms with Crippen molar-refractivity contribution >= 4 is 5.97 Å². The Morgan fingerprint density at radius 3 is 2.87 bits per heavy atom.